The fraction of sp³-hybridized carbons (Fsp3) is 0.333. The molecule has 2 aromatic rings. The van der Waals surface area contributed by atoms with E-state index in [-0.39, 0.29) is 12.6 Å². The Morgan fingerprint density at radius 2 is 1.67 bits per heavy atom. The number of aliphatic hydroxyl groups excluding tert-OH is 1. The molecule has 110 valence electrons. The molecule has 0 amide bonds. The number of hydrogen-bond donors (Lipinski definition) is 2. The Morgan fingerprint density at radius 3 is 2.33 bits per heavy atom. The van der Waals surface area contributed by atoms with Gasteiger partial charge in [-0.2, -0.15) is 0 Å². The topological polar surface area (TPSA) is 35.5 Å². The summed E-state index contributed by atoms with van der Waals surface area (Å²) in [6.07, 6.45) is 0. The van der Waals surface area contributed by atoms with Crippen molar-refractivity contribution in [3.05, 3.63) is 71.8 Å². The summed E-state index contributed by atoms with van der Waals surface area (Å²) >= 11 is 0. The largest absolute Gasteiger partial charge is 0.395 e. The smallest absolute Gasteiger partial charge is 0.0599 e. The van der Waals surface area contributed by atoms with Gasteiger partial charge in [-0.25, -0.2) is 0 Å². The predicted octanol–water partition coefficient (Wildman–Crippen LogP) is 2.19. The van der Waals surface area contributed by atoms with E-state index in [9.17, 15) is 5.11 Å². The van der Waals surface area contributed by atoms with Crippen LogP contribution < -0.4 is 5.32 Å². The molecule has 2 atom stereocenters. The molecule has 3 rings (SSSR count). The number of nitrogens with zero attached hydrogens (tertiary/aromatic N) is 1. The third-order valence-corrected chi connectivity index (χ3v) is 4.17. The summed E-state index contributed by atoms with van der Waals surface area (Å²) in [5, 5.41) is 13.2. The number of piperazine rings is 1. The molecular formula is C18H22N2O. The van der Waals surface area contributed by atoms with Gasteiger partial charge in [-0.15, -0.1) is 0 Å². The summed E-state index contributed by atoms with van der Waals surface area (Å²) in [5.41, 5.74) is 2.61. The zero-order chi connectivity index (χ0) is 14.5. The van der Waals surface area contributed by atoms with E-state index in [1.54, 1.807) is 0 Å². The van der Waals surface area contributed by atoms with Crippen LogP contribution in [0.1, 0.15) is 17.2 Å². The highest BCUT2D eigenvalue weighted by atomic mass is 16.3. The van der Waals surface area contributed by atoms with Crippen molar-refractivity contribution < 1.29 is 5.11 Å². The minimum atomic E-state index is 0.185. The number of rotatable bonds is 4. The number of nitrogens with one attached hydrogen (secondary N) is 1. The van der Waals surface area contributed by atoms with Crippen molar-refractivity contribution >= 4 is 0 Å². The van der Waals surface area contributed by atoms with Gasteiger partial charge in [-0.05, 0) is 11.1 Å². The van der Waals surface area contributed by atoms with Gasteiger partial charge in [0.05, 0.1) is 6.61 Å². The summed E-state index contributed by atoms with van der Waals surface area (Å²) in [7, 11) is 0. The van der Waals surface area contributed by atoms with Crippen LogP contribution in [0.15, 0.2) is 60.7 Å². The van der Waals surface area contributed by atoms with Crippen LogP contribution in [0.2, 0.25) is 0 Å². The molecule has 2 unspecified atom stereocenters. The molecular weight excluding hydrogens is 260 g/mol. The lowest BCUT2D eigenvalue weighted by Crippen LogP contribution is -2.53. The first-order chi connectivity index (χ1) is 10.4. The Kier molecular flexibility index (Phi) is 4.65. The lowest BCUT2D eigenvalue weighted by atomic mass is 10.0. The zero-order valence-electron chi connectivity index (χ0n) is 12.2. The third-order valence-electron chi connectivity index (χ3n) is 4.17. The lowest BCUT2D eigenvalue weighted by Gasteiger charge is -2.40. The summed E-state index contributed by atoms with van der Waals surface area (Å²) in [5.74, 6) is 0. The highest BCUT2D eigenvalue weighted by Crippen LogP contribution is 2.21. The molecule has 1 heterocycles. The highest BCUT2D eigenvalue weighted by molar-refractivity contribution is 5.21. The Hall–Kier alpha value is -1.68. The minimum absolute atomic E-state index is 0.185. The van der Waals surface area contributed by atoms with Gasteiger partial charge in [0.2, 0.25) is 0 Å². The molecule has 0 aromatic heterocycles. The molecule has 3 heteroatoms. The molecule has 21 heavy (non-hydrogen) atoms. The van der Waals surface area contributed by atoms with E-state index in [2.05, 4.69) is 58.7 Å². The molecule has 0 saturated carbocycles. The first-order valence-electron chi connectivity index (χ1n) is 7.54. The second kappa shape index (κ2) is 6.85. The fourth-order valence-corrected chi connectivity index (χ4v) is 2.96. The van der Waals surface area contributed by atoms with Gasteiger partial charge in [-0.1, -0.05) is 60.7 Å². The molecule has 0 bridgehead atoms. The maximum Gasteiger partial charge on any atom is 0.0599 e. The van der Waals surface area contributed by atoms with Gasteiger partial charge in [-0.3, -0.25) is 4.90 Å². The van der Waals surface area contributed by atoms with E-state index in [0.29, 0.717) is 6.04 Å². The Bertz CT molecular complexity index is 544. The van der Waals surface area contributed by atoms with Crippen molar-refractivity contribution in [1.82, 2.24) is 10.2 Å². The van der Waals surface area contributed by atoms with Crippen molar-refractivity contribution in [2.24, 2.45) is 0 Å². The summed E-state index contributed by atoms with van der Waals surface area (Å²) in [4.78, 5) is 2.38. The highest BCUT2D eigenvalue weighted by Gasteiger charge is 2.27. The van der Waals surface area contributed by atoms with Crippen molar-refractivity contribution in [3.63, 3.8) is 0 Å². The average molecular weight is 282 g/mol. The van der Waals surface area contributed by atoms with Crippen molar-refractivity contribution in [2.75, 3.05) is 19.7 Å². The molecule has 2 N–H and O–H groups in total. The van der Waals surface area contributed by atoms with E-state index >= 15 is 0 Å². The van der Waals surface area contributed by atoms with Gasteiger partial charge < -0.3 is 10.4 Å². The van der Waals surface area contributed by atoms with Crippen LogP contribution in [-0.2, 0) is 6.54 Å². The Morgan fingerprint density at radius 1 is 1.00 bits per heavy atom. The molecule has 0 spiro atoms. The van der Waals surface area contributed by atoms with E-state index in [0.717, 1.165) is 19.6 Å². The van der Waals surface area contributed by atoms with Gasteiger partial charge in [0.15, 0.2) is 0 Å². The van der Waals surface area contributed by atoms with E-state index in [1.165, 1.54) is 11.1 Å². The predicted molar refractivity (Wildman–Crippen MR) is 84.9 cm³/mol. The lowest BCUT2D eigenvalue weighted by molar-refractivity contribution is 0.0744. The standard InChI is InChI=1S/C18H22N2O/c21-14-17-11-19-18(16-9-5-2-6-10-16)13-20(17)12-15-7-3-1-4-8-15/h1-10,17-19,21H,11-14H2. The second-order valence-electron chi connectivity index (χ2n) is 5.62. The molecule has 0 radical (unpaired) electrons. The first kappa shape index (κ1) is 14.3. The molecule has 0 aliphatic carbocycles. The van der Waals surface area contributed by atoms with Crippen LogP contribution in [0.5, 0.6) is 0 Å². The quantitative estimate of drug-likeness (QED) is 0.902. The van der Waals surface area contributed by atoms with E-state index in [1.807, 2.05) is 12.1 Å². The number of aliphatic hydroxyl groups is 1. The van der Waals surface area contributed by atoms with Crippen molar-refractivity contribution in [2.45, 2.75) is 18.6 Å². The van der Waals surface area contributed by atoms with E-state index < -0.39 is 0 Å². The fourth-order valence-electron chi connectivity index (χ4n) is 2.96. The summed E-state index contributed by atoms with van der Waals surface area (Å²) in [6, 6.07) is 21.5. The summed E-state index contributed by atoms with van der Waals surface area (Å²) < 4.78 is 0. The SMILES string of the molecule is OCC1CNC(c2ccccc2)CN1Cc1ccccc1. The van der Waals surface area contributed by atoms with Gasteiger partial charge >= 0.3 is 0 Å². The third kappa shape index (κ3) is 3.50. The minimum Gasteiger partial charge on any atom is -0.395 e. The van der Waals surface area contributed by atoms with Gasteiger partial charge in [0, 0.05) is 31.7 Å². The van der Waals surface area contributed by atoms with Crippen molar-refractivity contribution in [3.8, 4) is 0 Å². The van der Waals surface area contributed by atoms with Gasteiger partial charge in [0.1, 0.15) is 0 Å². The monoisotopic (exact) mass is 282 g/mol. The second-order valence-corrected chi connectivity index (χ2v) is 5.62. The maximum absolute atomic E-state index is 9.61. The van der Waals surface area contributed by atoms with Crippen LogP contribution >= 0.6 is 0 Å². The molecule has 2 aromatic carbocycles. The number of benzene rings is 2. The molecule has 1 saturated heterocycles. The Labute approximate surface area is 126 Å². The number of hydrogen-bond acceptors (Lipinski definition) is 3. The zero-order valence-corrected chi connectivity index (χ0v) is 12.2. The molecule has 1 aliphatic heterocycles. The van der Waals surface area contributed by atoms with Crippen LogP contribution in [0.3, 0.4) is 0 Å². The normalized spacial score (nSPS) is 23.1. The molecule has 1 aliphatic rings. The maximum atomic E-state index is 9.61. The Balaban J connectivity index is 1.73. The van der Waals surface area contributed by atoms with Crippen molar-refractivity contribution in [1.29, 1.82) is 0 Å². The van der Waals surface area contributed by atoms with Crippen LogP contribution in [0, 0.1) is 0 Å². The average Bonchev–Trinajstić information content (AvgIpc) is 2.56. The first-order valence-corrected chi connectivity index (χ1v) is 7.54. The molecule has 1 fully saturated rings. The van der Waals surface area contributed by atoms with Crippen LogP contribution in [-0.4, -0.2) is 35.7 Å². The van der Waals surface area contributed by atoms with E-state index in [4.69, 9.17) is 0 Å². The van der Waals surface area contributed by atoms with Crippen LogP contribution in [0.25, 0.3) is 0 Å². The van der Waals surface area contributed by atoms with Gasteiger partial charge in [0.25, 0.3) is 0 Å². The van der Waals surface area contributed by atoms with Crippen LogP contribution in [0.4, 0.5) is 0 Å². The summed E-state index contributed by atoms with van der Waals surface area (Å²) in [6.45, 7) is 2.82. The molecule has 3 nitrogen and oxygen atoms in total.